The van der Waals surface area contributed by atoms with Gasteiger partial charge in [-0.15, -0.1) is 0 Å². The van der Waals surface area contributed by atoms with Crippen molar-refractivity contribution < 1.29 is 4.79 Å². The van der Waals surface area contributed by atoms with Gasteiger partial charge in [-0.05, 0) is 49.7 Å². The molecule has 0 aliphatic heterocycles. The fraction of sp³-hybridized carbons (Fsp3) is 0.211. The van der Waals surface area contributed by atoms with Crippen molar-refractivity contribution in [3.63, 3.8) is 0 Å². The fourth-order valence-electron chi connectivity index (χ4n) is 2.40. The van der Waals surface area contributed by atoms with Gasteiger partial charge in [-0.2, -0.15) is 5.26 Å². The summed E-state index contributed by atoms with van der Waals surface area (Å²) in [5, 5.41) is 19.6. The van der Waals surface area contributed by atoms with Gasteiger partial charge >= 0.3 is 0 Å². The molecule has 7 heteroatoms. The van der Waals surface area contributed by atoms with Crippen molar-refractivity contribution in [2.75, 3.05) is 13.6 Å². The van der Waals surface area contributed by atoms with Gasteiger partial charge in [0.1, 0.15) is 0 Å². The lowest BCUT2D eigenvalue weighted by Crippen LogP contribution is -2.18. The molecule has 26 heavy (non-hydrogen) atoms. The van der Waals surface area contributed by atoms with E-state index in [0.29, 0.717) is 35.5 Å². The molecule has 132 valence electrons. The van der Waals surface area contributed by atoms with Crippen molar-refractivity contribution in [2.24, 2.45) is 5.73 Å². The Bertz CT molecular complexity index is 893. The normalized spacial score (nSPS) is 10.9. The number of nitrogens with one attached hydrogen (secondary N) is 2. The van der Waals surface area contributed by atoms with E-state index in [1.165, 1.54) is 12.1 Å². The second-order valence-electron chi connectivity index (χ2n) is 5.65. The predicted octanol–water partition coefficient (Wildman–Crippen LogP) is 1.84. The van der Waals surface area contributed by atoms with Crippen molar-refractivity contribution in [3.05, 3.63) is 59.1 Å². The van der Waals surface area contributed by atoms with Crippen molar-refractivity contribution in [3.8, 4) is 17.5 Å². The second-order valence-corrected chi connectivity index (χ2v) is 5.65. The number of hydrogen-bond acceptors (Lipinski definition) is 7. The third kappa shape index (κ3) is 4.37. The molecule has 0 unspecified atom stereocenters. The quantitative estimate of drug-likeness (QED) is 0.398. The van der Waals surface area contributed by atoms with Crippen molar-refractivity contribution >= 4 is 11.5 Å². The van der Waals surface area contributed by atoms with Crippen molar-refractivity contribution in [1.82, 2.24) is 15.3 Å². The Hall–Kier alpha value is -3.37. The van der Waals surface area contributed by atoms with E-state index in [0.717, 1.165) is 5.56 Å². The van der Waals surface area contributed by atoms with Crippen LogP contribution < -0.4 is 11.1 Å². The van der Waals surface area contributed by atoms with Gasteiger partial charge in [-0.3, -0.25) is 4.79 Å². The molecule has 0 saturated carbocycles. The number of nitrogens with two attached hydrogens (primary N) is 1. The zero-order valence-corrected chi connectivity index (χ0v) is 14.7. The molecule has 0 bridgehead atoms. The Morgan fingerprint density at radius 3 is 2.62 bits per heavy atom. The van der Waals surface area contributed by atoms with Crippen LogP contribution in [0.4, 0.5) is 0 Å². The van der Waals surface area contributed by atoms with E-state index in [1.54, 1.807) is 38.5 Å². The Kier molecular flexibility index (Phi) is 6.31. The second kappa shape index (κ2) is 8.65. The minimum Gasteiger partial charge on any atom is -0.385 e. The average Bonchev–Trinajstić information content (AvgIpc) is 2.66. The number of nitrogens with zero attached hydrogens (tertiary/aromatic N) is 3. The lowest BCUT2D eigenvalue weighted by molar-refractivity contribution is 0.102. The summed E-state index contributed by atoms with van der Waals surface area (Å²) in [5.74, 6) is 0.0569. The molecule has 1 aromatic heterocycles. The van der Waals surface area contributed by atoms with Crippen LogP contribution in [0.1, 0.15) is 28.4 Å². The van der Waals surface area contributed by atoms with Crippen LogP contribution in [0, 0.1) is 16.7 Å². The maximum absolute atomic E-state index is 12.9. The van der Waals surface area contributed by atoms with E-state index in [-0.39, 0.29) is 17.2 Å². The van der Waals surface area contributed by atoms with E-state index in [9.17, 15) is 10.1 Å². The minimum atomic E-state index is -0.333. The van der Waals surface area contributed by atoms with Gasteiger partial charge in [0, 0.05) is 36.3 Å². The number of likely N-dealkylation sites (N-methyl/N-ethyl adjacent to an activating group) is 1. The molecule has 1 heterocycles. The number of benzene rings is 1. The van der Waals surface area contributed by atoms with Gasteiger partial charge in [0.2, 0.25) is 5.78 Å². The molecule has 0 aliphatic carbocycles. The number of carbonyl (C=O) groups excluding carboxylic acids is 1. The molecule has 0 radical (unpaired) electrons. The molecule has 0 fully saturated rings. The summed E-state index contributed by atoms with van der Waals surface area (Å²) < 4.78 is 0. The number of ketones is 1. The van der Waals surface area contributed by atoms with Gasteiger partial charge in [0.25, 0.3) is 0 Å². The zero-order valence-electron chi connectivity index (χ0n) is 14.7. The average molecular weight is 348 g/mol. The summed E-state index contributed by atoms with van der Waals surface area (Å²) in [7, 11) is 1.61. The highest BCUT2D eigenvalue weighted by molar-refractivity contribution is 6.14. The third-order valence-electron chi connectivity index (χ3n) is 3.65. The van der Waals surface area contributed by atoms with Crippen LogP contribution in [0.3, 0.4) is 0 Å². The molecule has 0 saturated heterocycles. The lowest BCUT2D eigenvalue weighted by atomic mass is 9.97. The molecule has 4 N–H and O–H groups in total. The first-order valence-electron chi connectivity index (χ1n) is 8.05. The number of carbonyl (C=O) groups is 1. The van der Waals surface area contributed by atoms with Crippen LogP contribution in [0.15, 0.2) is 42.4 Å². The first kappa shape index (κ1) is 19.0. The monoisotopic (exact) mass is 348 g/mol. The van der Waals surface area contributed by atoms with Crippen LogP contribution in [-0.4, -0.2) is 35.1 Å². The SMILES string of the molecule is CN/C(=C\C(C)=N)C(=O)c1cc(C#N)ccc1-c1ncc(CCN)cn1. The number of nitriles is 1. The first-order chi connectivity index (χ1) is 12.5. The van der Waals surface area contributed by atoms with Gasteiger partial charge in [-0.1, -0.05) is 0 Å². The van der Waals surface area contributed by atoms with E-state index in [1.807, 2.05) is 6.07 Å². The number of aromatic nitrogens is 2. The molecular formula is C19H20N6O. The zero-order chi connectivity index (χ0) is 19.1. The number of rotatable bonds is 7. The molecular weight excluding hydrogens is 328 g/mol. The van der Waals surface area contributed by atoms with Crippen LogP contribution in [0.2, 0.25) is 0 Å². The van der Waals surface area contributed by atoms with Gasteiger partial charge in [-0.25, -0.2) is 9.97 Å². The highest BCUT2D eigenvalue weighted by Crippen LogP contribution is 2.24. The maximum Gasteiger partial charge on any atom is 0.209 e. The third-order valence-corrected chi connectivity index (χ3v) is 3.65. The Morgan fingerprint density at radius 1 is 1.38 bits per heavy atom. The molecule has 0 atom stereocenters. The summed E-state index contributed by atoms with van der Waals surface area (Å²) in [5.41, 5.74) is 8.13. The predicted molar refractivity (Wildman–Crippen MR) is 99.8 cm³/mol. The standard InChI is InChI=1S/C19H20N6O/c1-12(22)7-17(23-2)18(26)16-8-13(9-21)3-4-15(16)19-24-10-14(5-6-20)11-25-19/h3-4,7-8,10-11,22-23H,5-6,20H2,1-2H3/b17-7-,22-12?. The van der Waals surface area contributed by atoms with E-state index < -0.39 is 0 Å². The number of hydrogen-bond donors (Lipinski definition) is 3. The Labute approximate surface area is 152 Å². The van der Waals surface area contributed by atoms with E-state index in [2.05, 4.69) is 15.3 Å². The first-order valence-corrected chi connectivity index (χ1v) is 8.05. The summed E-state index contributed by atoms with van der Waals surface area (Å²) in [6.07, 6.45) is 5.47. The summed E-state index contributed by atoms with van der Waals surface area (Å²) >= 11 is 0. The Balaban J connectivity index is 2.56. The highest BCUT2D eigenvalue weighted by atomic mass is 16.1. The highest BCUT2D eigenvalue weighted by Gasteiger charge is 2.19. The van der Waals surface area contributed by atoms with Gasteiger partial charge in [0.15, 0.2) is 5.82 Å². The fourth-order valence-corrected chi connectivity index (χ4v) is 2.40. The van der Waals surface area contributed by atoms with Crippen LogP contribution >= 0.6 is 0 Å². The summed E-state index contributed by atoms with van der Waals surface area (Å²) in [6.45, 7) is 2.08. The molecule has 0 aliphatic rings. The topological polar surface area (TPSA) is 129 Å². The van der Waals surface area contributed by atoms with Crippen LogP contribution in [0.25, 0.3) is 11.4 Å². The van der Waals surface area contributed by atoms with Crippen LogP contribution in [0.5, 0.6) is 0 Å². The van der Waals surface area contributed by atoms with E-state index >= 15 is 0 Å². The molecule has 2 aromatic rings. The van der Waals surface area contributed by atoms with E-state index in [4.69, 9.17) is 11.1 Å². The van der Waals surface area contributed by atoms with Gasteiger partial charge in [0.05, 0.1) is 17.3 Å². The molecule has 7 nitrogen and oxygen atoms in total. The Morgan fingerprint density at radius 2 is 2.08 bits per heavy atom. The maximum atomic E-state index is 12.9. The van der Waals surface area contributed by atoms with Gasteiger partial charge < -0.3 is 16.5 Å². The van der Waals surface area contributed by atoms with Crippen molar-refractivity contribution in [2.45, 2.75) is 13.3 Å². The number of allylic oxidation sites excluding steroid dienone is 2. The molecule has 2 rings (SSSR count). The summed E-state index contributed by atoms with van der Waals surface area (Å²) in [6, 6.07) is 6.83. The van der Waals surface area contributed by atoms with Crippen LogP contribution in [-0.2, 0) is 6.42 Å². The number of Topliss-reactive ketones (excluding diaryl/α,β-unsaturated/α-hetero) is 1. The molecule has 1 aromatic carbocycles. The van der Waals surface area contributed by atoms with Crippen molar-refractivity contribution in [1.29, 1.82) is 10.7 Å². The lowest BCUT2D eigenvalue weighted by Gasteiger charge is -2.11. The smallest absolute Gasteiger partial charge is 0.209 e. The molecule has 0 spiro atoms. The minimum absolute atomic E-state index is 0.239. The molecule has 0 amide bonds. The summed E-state index contributed by atoms with van der Waals surface area (Å²) in [4.78, 5) is 21.6. The largest absolute Gasteiger partial charge is 0.385 e.